The molecule has 0 saturated carbocycles. The highest BCUT2D eigenvalue weighted by Gasteiger charge is 2.06. The normalized spacial score (nSPS) is 26.3. The topological polar surface area (TPSA) is 9.23 Å². The summed E-state index contributed by atoms with van der Waals surface area (Å²) in [6, 6.07) is 0. The lowest BCUT2D eigenvalue weighted by Gasteiger charge is -2.16. The predicted octanol–water partition coefficient (Wildman–Crippen LogP) is 2.51. The molecule has 0 aromatic rings. The molecule has 1 rings (SSSR count). The molecule has 1 aliphatic heterocycles. The summed E-state index contributed by atoms with van der Waals surface area (Å²) in [5, 5.41) is 0. The maximum Gasteiger partial charge on any atom is 0.0999 e. The molecule has 0 radical (unpaired) electrons. The zero-order valence-electron chi connectivity index (χ0n) is 6.52. The van der Waals surface area contributed by atoms with Crippen molar-refractivity contribution in [1.29, 1.82) is 0 Å². The Kier molecular flexibility index (Phi) is 6.65. The third-order valence-electron chi connectivity index (χ3n) is 0.994. The molecule has 2 heteroatoms. The van der Waals surface area contributed by atoms with Crippen LogP contribution in [-0.2, 0) is 4.74 Å². The van der Waals surface area contributed by atoms with Crippen molar-refractivity contribution in [3.05, 3.63) is 0 Å². The van der Waals surface area contributed by atoms with Crippen molar-refractivity contribution in [2.75, 3.05) is 12.4 Å². The van der Waals surface area contributed by atoms with E-state index >= 15 is 0 Å². The number of hydrogen-bond donors (Lipinski definition) is 0. The molecule has 9 heavy (non-hydrogen) atoms. The van der Waals surface area contributed by atoms with Crippen LogP contribution in [0.5, 0.6) is 0 Å². The highest BCUT2D eigenvalue weighted by molar-refractivity contribution is 7.99. The van der Waals surface area contributed by atoms with E-state index in [-0.39, 0.29) is 0 Å². The Morgan fingerprint density at radius 1 is 1.44 bits per heavy atom. The monoisotopic (exact) mass is 148 g/mol. The molecule has 0 aromatic heterocycles. The highest BCUT2D eigenvalue weighted by atomic mass is 32.2. The summed E-state index contributed by atoms with van der Waals surface area (Å²) in [7, 11) is 0. The van der Waals surface area contributed by atoms with E-state index in [0.29, 0.717) is 5.44 Å². The van der Waals surface area contributed by atoms with Gasteiger partial charge in [-0.2, -0.15) is 0 Å². The number of hydrogen-bond acceptors (Lipinski definition) is 2. The first-order chi connectivity index (χ1) is 4.39. The summed E-state index contributed by atoms with van der Waals surface area (Å²) in [5.41, 5.74) is 0.453. The lowest BCUT2D eigenvalue weighted by atomic mass is 10.5. The van der Waals surface area contributed by atoms with Crippen LogP contribution in [0.4, 0.5) is 0 Å². The first-order valence-electron chi connectivity index (χ1n) is 3.63. The van der Waals surface area contributed by atoms with Gasteiger partial charge in [-0.25, -0.2) is 0 Å². The molecule has 0 bridgehead atoms. The summed E-state index contributed by atoms with van der Waals surface area (Å²) in [5.74, 6) is 1.28. The van der Waals surface area contributed by atoms with Crippen LogP contribution in [0.1, 0.15) is 27.2 Å². The molecule has 56 valence electrons. The van der Waals surface area contributed by atoms with Gasteiger partial charge in [0.1, 0.15) is 0 Å². The minimum Gasteiger partial charge on any atom is -0.368 e. The molecule has 1 unspecified atom stereocenters. The van der Waals surface area contributed by atoms with Crippen LogP contribution in [0.3, 0.4) is 0 Å². The quantitative estimate of drug-likeness (QED) is 0.522. The molecule has 1 nitrogen and oxygen atoms in total. The van der Waals surface area contributed by atoms with E-state index in [1.807, 2.05) is 25.6 Å². The Balaban J connectivity index is 0.000000291. The van der Waals surface area contributed by atoms with Crippen LogP contribution in [0, 0.1) is 0 Å². The van der Waals surface area contributed by atoms with Crippen LogP contribution in [0.15, 0.2) is 0 Å². The second-order valence-corrected chi connectivity index (χ2v) is 3.07. The second kappa shape index (κ2) is 6.43. The van der Waals surface area contributed by atoms with Crippen LogP contribution in [-0.4, -0.2) is 17.8 Å². The van der Waals surface area contributed by atoms with Gasteiger partial charge in [0, 0.05) is 6.61 Å². The van der Waals surface area contributed by atoms with Gasteiger partial charge in [-0.1, -0.05) is 13.8 Å². The molecule has 1 atom stereocenters. The lowest BCUT2D eigenvalue weighted by Crippen LogP contribution is -2.11. The molecular weight excluding hydrogens is 132 g/mol. The second-order valence-electron chi connectivity index (χ2n) is 1.66. The standard InChI is InChI=1S/C5H10OS.C2H6/c1-5-6-3-2-4-7-5;1-2/h5H,2-4H2,1H3;1-2H3. The van der Waals surface area contributed by atoms with Gasteiger partial charge in [0.2, 0.25) is 0 Å². The van der Waals surface area contributed by atoms with Gasteiger partial charge in [0.25, 0.3) is 0 Å². The third kappa shape index (κ3) is 4.79. The molecule has 1 fully saturated rings. The fourth-order valence-corrected chi connectivity index (χ4v) is 1.41. The Labute approximate surface area is 62.2 Å². The molecule has 0 aliphatic carbocycles. The number of rotatable bonds is 0. The van der Waals surface area contributed by atoms with E-state index in [9.17, 15) is 0 Å². The van der Waals surface area contributed by atoms with Crippen molar-refractivity contribution in [2.24, 2.45) is 0 Å². The Morgan fingerprint density at radius 3 is 2.33 bits per heavy atom. The van der Waals surface area contributed by atoms with Crippen LogP contribution in [0.2, 0.25) is 0 Å². The van der Waals surface area contributed by atoms with Crippen molar-refractivity contribution in [1.82, 2.24) is 0 Å². The van der Waals surface area contributed by atoms with Crippen molar-refractivity contribution < 1.29 is 4.74 Å². The van der Waals surface area contributed by atoms with Gasteiger partial charge in [0.15, 0.2) is 0 Å². The third-order valence-corrected chi connectivity index (χ3v) is 2.12. The summed E-state index contributed by atoms with van der Waals surface area (Å²) < 4.78 is 5.24. The van der Waals surface area contributed by atoms with Crippen LogP contribution in [0.25, 0.3) is 0 Å². The van der Waals surface area contributed by atoms with E-state index < -0.39 is 0 Å². The average Bonchev–Trinajstić information content (AvgIpc) is 1.94. The van der Waals surface area contributed by atoms with Gasteiger partial charge < -0.3 is 4.74 Å². The largest absolute Gasteiger partial charge is 0.368 e. The molecule has 1 aliphatic rings. The lowest BCUT2D eigenvalue weighted by molar-refractivity contribution is 0.117. The first-order valence-corrected chi connectivity index (χ1v) is 4.67. The van der Waals surface area contributed by atoms with E-state index in [1.54, 1.807) is 0 Å². The summed E-state index contributed by atoms with van der Waals surface area (Å²) >= 11 is 1.90. The van der Waals surface area contributed by atoms with E-state index in [0.717, 1.165) is 6.61 Å². The Morgan fingerprint density at radius 2 is 2.11 bits per heavy atom. The van der Waals surface area contributed by atoms with Gasteiger partial charge in [0.05, 0.1) is 5.44 Å². The summed E-state index contributed by atoms with van der Waals surface area (Å²) in [4.78, 5) is 0. The Hall–Kier alpha value is 0.310. The van der Waals surface area contributed by atoms with Gasteiger partial charge in [-0.3, -0.25) is 0 Å². The van der Waals surface area contributed by atoms with Gasteiger partial charge >= 0.3 is 0 Å². The van der Waals surface area contributed by atoms with Crippen molar-refractivity contribution in [2.45, 2.75) is 32.6 Å². The van der Waals surface area contributed by atoms with Crippen molar-refractivity contribution in [3.63, 3.8) is 0 Å². The van der Waals surface area contributed by atoms with Crippen LogP contribution < -0.4 is 0 Å². The van der Waals surface area contributed by atoms with Crippen molar-refractivity contribution >= 4 is 11.8 Å². The smallest absolute Gasteiger partial charge is 0.0999 e. The highest BCUT2D eigenvalue weighted by Crippen LogP contribution is 2.17. The predicted molar refractivity (Wildman–Crippen MR) is 43.8 cm³/mol. The zero-order chi connectivity index (χ0) is 7.11. The molecule has 0 spiro atoms. The molecule has 0 amide bonds. The molecule has 1 saturated heterocycles. The van der Waals surface area contributed by atoms with E-state index in [4.69, 9.17) is 4.74 Å². The average molecular weight is 148 g/mol. The number of thioether (sulfide) groups is 1. The minimum atomic E-state index is 0.453. The molecule has 0 N–H and O–H groups in total. The fourth-order valence-electron chi connectivity index (χ4n) is 0.606. The van der Waals surface area contributed by atoms with Gasteiger partial charge in [-0.05, 0) is 19.1 Å². The van der Waals surface area contributed by atoms with Gasteiger partial charge in [-0.15, -0.1) is 11.8 Å². The fraction of sp³-hybridized carbons (Fsp3) is 1.00. The molecule has 0 aromatic carbocycles. The molecule has 1 heterocycles. The summed E-state index contributed by atoms with van der Waals surface area (Å²) in [6.45, 7) is 7.07. The SMILES string of the molecule is CC.CC1OCCCS1. The molecular formula is C7H16OS. The minimum absolute atomic E-state index is 0.453. The van der Waals surface area contributed by atoms with Crippen molar-refractivity contribution in [3.8, 4) is 0 Å². The van der Waals surface area contributed by atoms with Crippen LogP contribution >= 0.6 is 11.8 Å². The Bertz CT molecular complexity index is 50.9. The number of ether oxygens (including phenoxy) is 1. The zero-order valence-corrected chi connectivity index (χ0v) is 7.33. The van der Waals surface area contributed by atoms with E-state index in [1.165, 1.54) is 12.2 Å². The van der Waals surface area contributed by atoms with E-state index in [2.05, 4.69) is 6.92 Å². The summed E-state index contributed by atoms with van der Waals surface area (Å²) in [6.07, 6.45) is 1.23. The maximum atomic E-state index is 5.24. The first kappa shape index (κ1) is 9.31. The maximum absolute atomic E-state index is 5.24.